The van der Waals surface area contributed by atoms with Gasteiger partial charge in [-0.1, -0.05) is 0 Å². The molecular formula is C18H25FN2O3. The summed E-state index contributed by atoms with van der Waals surface area (Å²) < 4.78 is 18.0. The Morgan fingerprint density at radius 1 is 1.38 bits per heavy atom. The summed E-state index contributed by atoms with van der Waals surface area (Å²) in [6.07, 6.45) is 2.28. The maximum absolute atomic E-state index is 13.0. The predicted molar refractivity (Wildman–Crippen MR) is 89.5 cm³/mol. The zero-order chi connectivity index (χ0) is 17.5. The molecule has 0 aliphatic carbocycles. The summed E-state index contributed by atoms with van der Waals surface area (Å²) in [5.41, 5.74) is 0.497. The summed E-state index contributed by atoms with van der Waals surface area (Å²) in [4.78, 5) is 26.6. The molecule has 1 heterocycles. The maximum Gasteiger partial charge on any atom is 0.317 e. The Morgan fingerprint density at radius 3 is 2.75 bits per heavy atom. The van der Waals surface area contributed by atoms with Gasteiger partial charge in [0.1, 0.15) is 5.82 Å². The highest BCUT2D eigenvalue weighted by Crippen LogP contribution is 2.21. The molecule has 0 spiro atoms. The number of carbonyl (C=O) groups is 2. The first kappa shape index (κ1) is 18.4. The van der Waals surface area contributed by atoms with Crippen molar-refractivity contribution < 1.29 is 18.7 Å². The average Bonchev–Trinajstić information content (AvgIpc) is 2.60. The van der Waals surface area contributed by atoms with Gasteiger partial charge in [-0.05, 0) is 50.5 Å². The molecule has 1 aliphatic heterocycles. The quantitative estimate of drug-likeness (QED) is 0.813. The van der Waals surface area contributed by atoms with Crippen LogP contribution >= 0.6 is 0 Å². The molecule has 1 aromatic carbocycles. The summed E-state index contributed by atoms with van der Waals surface area (Å²) in [5.74, 6) is -0.620. The normalized spacial score (nSPS) is 19.0. The number of likely N-dealkylation sites (tertiary alicyclic amines) is 1. The Bertz CT molecular complexity index is 562. The van der Waals surface area contributed by atoms with Gasteiger partial charge in [0.15, 0.2) is 5.78 Å². The number of Topliss-reactive ketones (excluding diaryl/α,β-unsaturated/α-hetero) is 1. The van der Waals surface area contributed by atoms with Crippen molar-refractivity contribution in [3.05, 3.63) is 35.6 Å². The summed E-state index contributed by atoms with van der Waals surface area (Å²) in [5, 5.41) is 2.94. The van der Waals surface area contributed by atoms with Crippen LogP contribution in [0.15, 0.2) is 24.3 Å². The highest BCUT2D eigenvalue weighted by atomic mass is 19.1. The molecule has 2 atom stereocenters. The molecule has 24 heavy (non-hydrogen) atoms. The van der Waals surface area contributed by atoms with Gasteiger partial charge in [0.05, 0.1) is 0 Å². The fourth-order valence-corrected chi connectivity index (χ4v) is 2.89. The lowest BCUT2D eigenvalue weighted by molar-refractivity contribution is 0.0844. The summed E-state index contributed by atoms with van der Waals surface area (Å²) >= 11 is 0. The lowest BCUT2D eigenvalue weighted by atomic mass is 9.90. The molecule has 2 amide bonds. The second-order valence-electron chi connectivity index (χ2n) is 6.29. The zero-order valence-electron chi connectivity index (χ0n) is 14.3. The molecule has 1 N–H and O–H groups in total. The molecule has 1 aromatic rings. The van der Waals surface area contributed by atoms with Crippen LogP contribution in [0.4, 0.5) is 9.18 Å². The van der Waals surface area contributed by atoms with Gasteiger partial charge in [-0.25, -0.2) is 9.18 Å². The smallest absolute Gasteiger partial charge is 0.317 e. The number of hydrogen-bond acceptors (Lipinski definition) is 3. The molecule has 0 bridgehead atoms. The van der Waals surface area contributed by atoms with E-state index in [1.165, 1.54) is 24.3 Å². The van der Waals surface area contributed by atoms with E-state index in [0.717, 1.165) is 19.3 Å². The highest BCUT2D eigenvalue weighted by molar-refractivity contribution is 5.98. The van der Waals surface area contributed by atoms with Crippen LogP contribution in [0.3, 0.4) is 0 Å². The van der Waals surface area contributed by atoms with Crippen LogP contribution < -0.4 is 5.32 Å². The van der Waals surface area contributed by atoms with E-state index in [9.17, 15) is 14.0 Å². The summed E-state index contributed by atoms with van der Waals surface area (Å²) in [6.45, 7) is 3.57. The van der Waals surface area contributed by atoms with Crippen molar-refractivity contribution in [1.82, 2.24) is 10.2 Å². The number of ketones is 1. The lowest BCUT2D eigenvalue weighted by Crippen LogP contribution is -2.49. The van der Waals surface area contributed by atoms with Crippen molar-refractivity contribution in [3.63, 3.8) is 0 Å². The van der Waals surface area contributed by atoms with Crippen molar-refractivity contribution >= 4 is 11.8 Å². The molecule has 132 valence electrons. The van der Waals surface area contributed by atoms with Crippen molar-refractivity contribution in [2.75, 3.05) is 26.8 Å². The first-order valence-electron chi connectivity index (χ1n) is 8.35. The zero-order valence-corrected chi connectivity index (χ0v) is 14.3. The minimum atomic E-state index is -0.360. The van der Waals surface area contributed by atoms with Gasteiger partial charge in [-0.2, -0.15) is 0 Å². The average molecular weight is 336 g/mol. The highest BCUT2D eigenvalue weighted by Gasteiger charge is 2.29. The van der Waals surface area contributed by atoms with E-state index in [-0.39, 0.29) is 29.6 Å². The van der Waals surface area contributed by atoms with Crippen LogP contribution in [-0.2, 0) is 4.74 Å². The number of carbonyl (C=O) groups excluding carboxylic acids is 2. The number of nitrogens with one attached hydrogen (secondary N) is 1. The van der Waals surface area contributed by atoms with E-state index in [1.807, 2.05) is 6.92 Å². The monoisotopic (exact) mass is 336 g/mol. The fraction of sp³-hybridized carbons (Fsp3) is 0.556. The number of amides is 2. The first-order chi connectivity index (χ1) is 11.5. The first-order valence-corrected chi connectivity index (χ1v) is 8.35. The molecular weight excluding hydrogens is 311 g/mol. The molecule has 0 aromatic heterocycles. The summed E-state index contributed by atoms with van der Waals surface area (Å²) in [7, 11) is 1.63. The molecule has 0 unspecified atom stereocenters. The minimum Gasteiger partial charge on any atom is -0.385 e. The SMILES string of the molecule is COCC[C@H](C)NC(=O)N1CCC[C@@H](C(=O)c2ccc(F)cc2)C1. The van der Waals surface area contributed by atoms with Crippen molar-refractivity contribution in [1.29, 1.82) is 0 Å². The number of methoxy groups -OCH3 is 1. The van der Waals surface area contributed by atoms with Crippen LogP contribution in [0.2, 0.25) is 0 Å². The van der Waals surface area contributed by atoms with Gasteiger partial charge in [-0.3, -0.25) is 4.79 Å². The molecule has 1 aliphatic rings. The van der Waals surface area contributed by atoms with Crippen LogP contribution in [0.5, 0.6) is 0 Å². The molecule has 2 rings (SSSR count). The van der Waals surface area contributed by atoms with Crippen molar-refractivity contribution in [3.8, 4) is 0 Å². The van der Waals surface area contributed by atoms with Crippen LogP contribution in [0, 0.1) is 11.7 Å². The number of rotatable bonds is 6. The van der Waals surface area contributed by atoms with Crippen LogP contribution in [0.1, 0.15) is 36.5 Å². The number of ether oxygens (including phenoxy) is 1. The Hall–Kier alpha value is -1.95. The molecule has 0 saturated carbocycles. The molecule has 1 saturated heterocycles. The van der Waals surface area contributed by atoms with E-state index in [2.05, 4.69) is 5.32 Å². The minimum absolute atomic E-state index is 0.0191. The van der Waals surface area contributed by atoms with Crippen molar-refractivity contribution in [2.45, 2.75) is 32.2 Å². The van der Waals surface area contributed by atoms with Gasteiger partial charge in [0.2, 0.25) is 0 Å². The predicted octanol–water partition coefficient (Wildman–Crippen LogP) is 2.86. The van der Waals surface area contributed by atoms with Gasteiger partial charge >= 0.3 is 6.03 Å². The van der Waals surface area contributed by atoms with E-state index >= 15 is 0 Å². The van der Waals surface area contributed by atoms with Gasteiger partial charge < -0.3 is 15.0 Å². The summed E-state index contributed by atoms with van der Waals surface area (Å²) in [6, 6.07) is 5.46. The van der Waals surface area contributed by atoms with Crippen LogP contribution in [0.25, 0.3) is 0 Å². The number of nitrogens with zero attached hydrogens (tertiary/aromatic N) is 1. The maximum atomic E-state index is 13.0. The lowest BCUT2D eigenvalue weighted by Gasteiger charge is -2.33. The van der Waals surface area contributed by atoms with Gasteiger partial charge in [-0.15, -0.1) is 0 Å². The van der Waals surface area contributed by atoms with E-state index in [1.54, 1.807) is 12.0 Å². The largest absolute Gasteiger partial charge is 0.385 e. The standard InChI is InChI=1S/C18H25FN2O3/c1-13(9-11-24-2)20-18(23)21-10-3-4-15(12-21)17(22)14-5-7-16(19)8-6-14/h5-8,13,15H,3-4,9-12H2,1-2H3,(H,20,23)/t13-,15+/m0/s1. The van der Waals surface area contributed by atoms with Gasteiger partial charge in [0, 0.05) is 44.3 Å². The molecule has 5 nitrogen and oxygen atoms in total. The Kier molecular flexibility index (Phi) is 6.73. The Morgan fingerprint density at radius 2 is 2.08 bits per heavy atom. The third-order valence-electron chi connectivity index (χ3n) is 4.33. The topological polar surface area (TPSA) is 58.6 Å². The third-order valence-corrected chi connectivity index (χ3v) is 4.33. The second-order valence-corrected chi connectivity index (χ2v) is 6.29. The number of urea groups is 1. The van der Waals surface area contributed by atoms with Gasteiger partial charge in [0.25, 0.3) is 0 Å². The fourth-order valence-electron chi connectivity index (χ4n) is 2.89. The Labute approximate surface area is 142 Å². The van der Waals surface area contributed by atoms with E-state index in [0.29, 0.717) is 25.3 Å². The number of piperidine rings is 1. The van der Waals surface area contributed by atoms with E-state index in [4.69, 9.17) is 4.74 Å². The number of hydrogen-bond donors (Lipinski definition) is 1. The van der Waals surface area contributed by atoms with Crippen LogP contribution in [-0.4, -0.2) is 49.6 Å². The number of halogens is 1. The van der Waals surface area contributed by atoms with Crippen molar-refractivity contribution in [2.24, 2.45) is 5.92 Å². The molecule has 0 radical (unpaired) electrons. The van der Waals surface area contributed by atoms with E-state index < -0.39 is 0 Å². The Balaban J connectivity index is 1.92. The number of benzene rings is 1. The molecule has 1 fully saturated rings. The molecule has 6 heteroatoms. The second kappa shape index (κ2) is 8.78. The third kappa shape index (κ3) is 5.03.